The highest BCUT2D eigenvalue weighted by Crippen LogP contribution is 2.41. The minimum Gasteiger partial charge on any atom is -0.483 e. The summed E-state index contributed by atoms with van der Waals surface area (Å²) >= 11 is 0. The van der Waals surface area contributed by atoms with Gasteiger partial charge in [0.2, 0.25) is 0 Å². The van der Waals surface area contributed by atoms with Crippen LogP contribution >= 0.6 is 0 Å². The Kier molecular flexibility index (Phi) is 8.37. The van der Waals surface area contributed by atoms with Crippen molar-refractivity contribution in [1.82, 2.24) is 9.80 Å². The average Bonchev–Trinajstić information content (AvgIpc) is 2.79. The molecule has 0 aromatic heterocycles. The minimum absolute atomic E-state index is 0.00805. The number of rotatable bonds is 6. The van der Waals surface area contributed by atoms with Gasteiger partial charge in [0, 0.05) is 42.8 Å². The summed E-state index contributed by atoms with van der Waals surface area (Å²) < 4.78 is 19.5. The Balaban J connectivity index is 1.78. The number of piperazine rings is 1. The lowest BCUT2D eigenvalue weighted by molar-refractivity contribution is -0.139. The number of hydrogen-bond donors (Lipinski definition) is 1. The molecule has 7 heteroatoms. The van der Waals surface area contributed by atoms with Crippen LogP contribution < -0.4 is 4.74 Å². The first-order valence-corrected chi connectivity index (χ1v) is 12.9. The van der Waals surface area contributed by atoms with Gasteiger partial charge in [0.25, 0.3) is 5.91 Å². The van der Waals surface area contributed by atoms with Crippen LogP contribution in [0.25, 0.3) is 0 Å². The first kappa shape index (κ1) is 28.6. The van der Waals surface area contributed by atoms with E-state index in [0.29, 0.717) is 25.4 Å². The predicted molar refractivity (Wildman–Crippen MR) is 144 cm³/mol. The molecule has 1 aliphatic heterocycles. The fraction of sp³-hybridized carbons (Fsp3) is 0.533. The molecule has 1 aliphatic rings. The number of carboxylic acids is 1. The summed E-state index contributed by atoms with van der Waals surface area (Å²) in [6.45, 7) is 18.1. The number of nitrogens with zero attached hydrogens (tertiary/aromatic N) is 2. The van der Waals surface area contributed by atoms with E-state index in [4.69, 9.17) is 4.74 Å². The molecule has 2 atom stereocenters. The van der Waals surface area contributed by atoms with Crippen LogP contribution in [0.15, 0.2) is 36.4 Å². The third-order valence-corrected chi connectivity index (χ3v) is 7.03. The smallest absolute Gasteiger partial charge is 0.335 e. The van der Waals surface area contributed by atoms with Crippen molar-refractivity contribution in [3.63, 3.8) is 0 Å². The number of aromatic carboxylic acids is 1. The molecule has 1 saturated heterocycles. The van der Waals surface area contributed by atoms with Crippen molar-refractivity contribution < 1.29 is 23.8 Å². The van der Waals surface area contributed by atoms with Gasteiger partial charge in [0.15, 0.2) is 6.61 Å². The lowest BCUT2D eigenvalue weighted by Crippen LogP contribution is -2.58. The van der Waals surface area contributed by atoms with E-state index in [1.54, 1.807) is 24.3 Å². The molecule has 1 fully saturated rings. The van der Waals surface area contributed by atoms with Gasteiger partial charge in [0.1, 0.15) is 11.6 Å². The van der Waals surface area contributed by atoms with Crippen molar-refractivity contribution in [2.45, 2.75) is 84.8 Å². The highest BCUT2D eigenvalue weighted by Gasteiger charge is 2.34. The number of ether oxygens (including phenoxy) is 1. The number of carbonyl (C=O) groups excluding carboxylic acids is 1. The van der Waals surface area contributed by atoms with E-state index < -0.39 is 5.97 Å². The average molecular weight is 513 g/mol. The van der Waals surface area contributed by atoms with Crippen LogP contribution in [0.3, 0.4) is 0 Å². The van der Waals surface area contributed by atoms with Gasteiger partial charge in [-0.1, -0.05) is 53.7 Å². The number of amides is 1. The van der Waals surface area contributed by atoms with Crippen LogP contribution in [0.2, 0.25) is 0 Å². The molecule has 2 aromatic rings. The molecule has 1 heterocycles. The maximum absolute atomic E-state index is 13.4. The van der Waals surface area contributed by atoms with E-state index in [-0.39, 0.29) is 46.8 Å². The van der Waals surface area contributed by atoms with Crippen molar-refractivity contribution in [2.24, 2.45) is 0 Å². The van der Waals surface area contributed by atoms with Crippen LogP contribution in [0, 0.1) is 5.82 Å². The van der Waals surface area contributed by atoms with E-state index in [1.165, 1.54) is 12.1 Å². The van der Waals surface area contributed by atoms with Crippen molar-refractivity contribution in [2.75, 3.05) is 19.7 Å². The predicted octanol–water partition coefficient (Wildman–Crippen LogP) is 5.62. The van der Waals surface area contributed by atoms with Crippen LogP contribution in [0.1, 0.15) is 82.4 Å². The van der Waals surface area contributed by atoms with E-state index in [0.717, 1.165) is 16.7 Å². The highest BCUT2D eigenvalue weighted by molar-refractivity contribution is 5.89. The topological polar surface area (TPSA) is 70.1 Å². The molecule has 0 radical (unpaired) electrons. The minimum atomic E-state index is -0.986. The molecular weight excluding hydrogens is 471 g/mol. The standard InChI is InChI=1S/C30H41FN2O4/c1-19-16-33(20(2)15-32(19)17-21-9-11-23(31)12-10-21)26(34)18-37-27-24(29(3,4)5)13-22(28(35)36)14-25(27)30(6,7)8/h9-14,19-20H,15-18H2,1-8H3,(H,35,36)/t19-,20+/m0/s1. The van der Waals surface area contributed by atoms with Gasteiger partial charge in [-0.3, -0.25) is 9.69 Å². The summed E-state index contributed by atoms with van der Waals surface area (Å²) in [5.41, 5.74) is 2.05. The Labute approximate surface area is 220 Å². The van der Waals surface area contributed by atoms with Crippen LogP contribution in [0.4, 0.5) is 4.39 Å². The van der Waals surface area contributed by atoms with E-state index in [9.17, 15) is 19.1 Å². The maximum Gasteiger partial charge on any atom is 0.335 e. The molecule has 6 nitrogen and oxygen atoms in total. The first-order valence-electron chi connectivity index (χ1n) is 12.9. The van der Waals surface area contributed by atoms with Gasteiger partial charge in [-0.15, -0.1) is 0 Å². The number of halogens is 1. The second-order valence-electron chi connectivity index (χ2n) is 12.3. The highest BCUT2D eigenvalue weighted by atomic mass is 19.1. The van der Waals surface area contributed by atoms with Crippen molar-refractivity contribution in [1.29, 1.82) is 0 Å². The Bertz CT molecular complexity index is 1100. The molecule has 202 valence electrons. The van der Waals surface area contributed by atoms with Crippen LogP contribution in [-0.2, 0) is 22.2 Å². The third-order valence-electron chi connectivity index (χ3n) is 7.03. The van der Waals surface area contributed by atoms with Gasteiger partial charge in [-0.25, -0.2) is 9.18 Å². The van der Waals surface area contributed by atoms with E-state index >= 15 is 0 Å². The zero-order valence-electron chi connectivity index (χ0n) is 23.4. The van der Waals surface area contributed by atoms with Gasteiger partial charge in [-0.05, 0) is 54.5 Å². The molecule has 2 aromatic carbocycles. The lowest BCUT2D eigenvalue weighted by atomic mass is 9.78. The van der Waals surface area contributed by atoms with Gasteiger partial charge >= 0.3 is 5.97 Å². The number of benzene rings is 2. The Hall–Kier alpha value is -2.93. The van der Waals surface area contributed by atoms with E-state index in [1.807, 2.05) is 53.4 Å². The quantitative estimate of drug-likeness (QED) is 0.544. The molecule has 0 aliphatic carbocycles. The monoisotopic (exact) mass is 512 g/mol. The molecule has 1 N–H and O–H groups in total. The molecule has 37 heavy (non-hydrogen) atoms. The molecule has 3 rings (SSSR count). The van der Waals surface area contributed by atoms with E-state index in [2.05, 4.69) is 11.8 Å². The molecule has 1 amide bonds. The Morgan fingerprint density at radius 2 is 1.49 bits per heavy atom. The molecule has 0 saturated carbocycles. The SMILES string of the molecule is C[C@@H]1CN(Cc2ccc(F)cc2)[C@@H](C)CN1C(=O)COc1c(C(C)(C)C)cc(C(=O)O)cc1C(C)(C)C. The molecule has 0 spiro atoms. The summed E-state index contributed by atoms with van der Waals surface area (Å²) in [6, 6.07) is 10.00. The fourth-order valence-electron chi connectivity index (χ4n) is 4.83. The lowest BCUT2D eigenvalue weighted by Gasteiger charge is -2.44. The summed E-state index contributed by atoms with van der Waals surface area (Å²) in [7, 11) is 0. The Morgan fingerprint density at radius 3 is 1.97 bits per heavy atom. The second-order valence-corrected chi connectivity index (χ2v) is 12.3. The largest absolute Gasteiger partial charge is 0.483 e. The van der Waals surface area contributed by atoms with Gasteiger partial charge < -0.3 is 14.7 Å². The normalized spacial score (nSPS) is 19.1. The van der Waals surface area contributed by atoms with Gasteiger partial charge in [-0.2, -0.15) is 0 Å². The summed E-state index contributed by atoms with van der Waals surface area (Å²) in [5.74, 6) is -0.737. The third kappa shape index (κ3) is 6.89. The number of hydrogen-bond acceptors (Lipinski definition) is 4. The molecular formula is C30H41FN2O4. The maximum atomic E-state index is 13.4. The van der Waals surface area contributed by atoms with Crippen molar-refractivity contribution in [3.8, 4) is 5.75 Å². The summed E-state index contributed by atoms with van der Waals surface area (Å²) in [5, 5.41) is 9.70. The zero-order chi connectivity index (χ0) is 27.7. The van der Waals surface area contributed by atoms with Crippen LogP contribution in [0.5, 0.6) is 5.75 Å². The fourth-order valence-corrected chi connectivity index (χ4v) is 4.83. The molecule has 0 unspecified atom stereocenters. The second kappa shape index (κ2) is 10.8. The van der Waals surface area contributed by atoms with Crippen molar-refractivity contribution >= 4 is 11.9 Å². The summed E-state index contributed by atoms with van der Waals surface area (Å²) in [4.78, 5) is 29.4. The molecule has 0 bridgehead atoms. The first-order chi connectivity index (χ1) is 17.1. The zero-order valence-corrected chi connectivity index (χ0v) is 23.4. The number of carboxylic acid groups (broad SMARTS) is 1. The van der Waals surface area contributed by atoms with Gasteiger partial charge in [0.05, 0.1) is 5.56 Å². The number of carbonyl (C=O) groups is 2. The van der Waals surface area contributed by atoms with Crippen LogP contribution in [-0.4, -0.2) is 58.6 Å². The summed E-state index contributed by atoms with van der Waals surface area (Å²) in [6.07, 6.45) is 0. The Morgan fingerprint density at radius 1 is 0.946 bits per heavy atom. The van der Waals surface area contributed by atoms with Crippen molar-refractivity contribution in [3.05, 3.63) is 64.5 Å².